The lowest BCUT2D eigenvalue weighted by Gasteiger charge is -2.30. The van der Waals surface area contributed by atoms with Gasteiger partial charge in [0.05, 0.1) is 5.92 Å². The number of benzene rings is 1. The van der Waals surface area contributed by atoms with Crippen molar-refractivity contribution >= 4 is 39.1 Å². The van der Waals surface area contributed by atoms with Crippen LogP contribution in [0, 0.1) is 0 Å². The van der Waals surface area contributed by atoms with Gasteiger partial charge in [0.2, 0.25) is 11.8 Å². The van der Waals surface area contributed by atoms with E-state index in [1.54, 1.807) is 11.3 Å². The highest BCUT2D eigenvalue weighted by atomic mass is 79.9. The summed E-state index contributed by atoms with van der Waals surface area (Å²) in [6.07, 6.45) is 0.350. The molecule has 1 saturated heterocycles. The molecule has 0 saturated carbocycles. The molecule has 1 aliphatic heterocycles. The molecule has 5 heteroatoms. The second-order valence-electron chi connectivity index (χ2n) is 4.81. The standard InChI is InChI=1S/C15H12BrNO2S/c16-11-3-1-9(2-4-11)14-12(10-5-6-20-8-10)7-13(18)17-15(14)19/h1-6,8,12,14H,7H2,(H,17,18,19). The lowest BCUT2D eigenvalue weighted by Crippen LogP contribution is -2.43. The molecule has 20 heavy (non-hydrogen) atoms. The first-order chi connectivity index (χ1) is 9.65. The van der Waals surface area contributed by atoms with Gasteiger partial charge >= 0.3 is 0 Å². The number of amides is 2. The van der Waals surface area contributed by atoms with Crippen molar-refractivity contribution in [2.75, 3.05) is 0 Å². The molecule has 0 aliphatic carbocycles. The molecule has 0 spiro atoms. The number of thiophene rings is 1. The summed E-state index contributed by atoms with van der Waals surface area (Å²) in [6.45, 7) is 0. The summed E-state index contributed by atoms with van der Waals surface area (Å²) < 4.78 is 0.973. The van der Waals surface area contributed by atoms with Crippen LogP contribution in [-0.4, -0.2) is 11.8 Å². The average molecular weight is 350 g/mol. The molecule has 1 aromatic heterocycles. The van der Waals surface area contributed by atoms with E-state index < -0.39 is 0 Å². The maximum atomic E-state index is 12.3. The van der Waals surface area contributed by atoms with Crippen molar-refractivity contribution < 1.29 is 9.59 Å². The topological polar surface area (TPSA) is 46.2 Å². The molecular weight excluding hydrogens is 338 g/mol. The molecule has 0 radical (unpaired) electrons. The summed E-state index contributed by atoms with van der Waals surface area (Å²) in [4.78, 5) is 23.9. The smallest absolute Gasteiger partial charge is 0.234 e. The number of rotatable bonds is 2. The van der Waals surface area contributed by atoms with Gasteiger partial charge in [-0.2, -0.15) is 11.3 Å². The van der Waals surface area contributed by atoms with Crippen LogP contribution in [0.15, 0.2) is 45.6 Å². The molecule has 1 aromatic carbocycles. The van der Waals surface area contributed by atoms with Gasteiger partial charge in [-0.15, -0.1) is 0 Å². The van der Waals surface area contributed by atoms with Crippen LogP contribution >= 0.6 is 27.3 Å². The highest BCUT2D eigenvalue weighted by molar-refractivity contribution is 9.10. The Bertz CT molecular complexity index is 636. The summed E-state index contributed by atoms with van der Waals surface area (Å²) in [5.41, 5.74) is 2.00. The SMILES string of the molecule is O=C1CC(c2ccsc2)C(c2ccc(Br)cc2)C(=O)N1. The molecule has 1 fully saturated rings. The molecule has 102 valence electrons. The van der Waals surface area contributed by atoms with Crippen LogP contribution in [-0.2, 0) is 9.59 Å². The van der Waals surface area contributed by atoms with E-state index in [-0.39, 0.29) is 23.7 Å². The molecular formula is C15H12BrNO2S. The second-order valence-corrected chi connectivity index (χ2v) is 6.50. The van der Waals surface area contributed by atoms with Gasteiger partial charge in [0.25, 0.3) is 0 Å². The Hall–Kier alpha value is -1.46. The van der Waals surface area contributed by atoms with E-state index in [2.05, 4.69) is 21.2 Å². The van der Waals surface area contributed by atoms with Crippen molar-refractivity contribution in [2.45, 2.75) is 18.3 Å². The first-order valence-corrected chi connectivity index (χ1v) is 8.00. The number of hydrogen-bond donors (Lipinski definition) is 1. The molecule has 2 aromatic rings. The summed E-state index contributed by atoms with van der Waals surface area (Å²) in [7, 11) is 0. The number of imide groups is 1. The summed E-state index contributed by atoms with van der Waals surface area (Å²) >= 11 is 4.98. The Balaban J connectivity index is 2.01. The molecule has 2 heterocycles. The van der Waals surface area contributed by atoms with Crippen molar-refractivity contribution in [1.29, 1.82) is 0 Å². The fourth-order valence-electron chi connectivity index (χ4n) is 2.62. The van der Waals surface area contributed by atoms with Gasteiger partial charge < -0.3 is 0 Å². The van der Waals surface area contributed by atoms with E-state index in [9.17, 15) is 9.59 Å². The molecule has 2 atom stereocenters. The number of nitrogens with one attached hydrogen (secondary N) is 1. The van der Waals surface area contributed by atoms with Crippen LogP contribution in [0.5, 0.6) is 0 Å². The van der Waals surface area contributed by atoms with Crippen LogP contribution in [0.25, 0.3) is 0 Å². The van der Waals surface area contributed by atoms with Crippen molar-refractivity contribution in [3.8, 4) is 0 Å². The minimum atomic E-state index is -0.310. The Morgan fingerprint density at radius 1 is 1.10 bits per heavy atom. The van der Waals surface area contributed by atoms with Crippen LogP contribution in [0.3, 0.4) is 0 Å². The predicted molar refractivity (Wildman–Crippen MR) is 81.7 cm³/mol. The van der Waals surface area contributed by atoms with Crippen molar-refractivity contribution in [1.82, 2.24) is 5.32 Å². The van der Waals surface area contributed by atoms with E-state index in [1.807, 2.05) is 41.1 Å². The van der Waals surface area contributed by atoms with Gasteiger partial charge in [-0.3, -0.25) is 14.9 Å². The van der Waals surface area contributed by atoms with Gasteiger partial charge in [-0.1, -0.05) is 28.1 Å². The number of carbonyl (C=O) groups is 2. The van der Waals surface area contributed by atoms with E-state index >= 15 is 0 Å². The number of halogens is 1. The normalized spacial score (nSPS) is 22.6. The zero-order chi connectivity index (χ0) is 14.1. The van der Waals surface area contributed by atoms with Crippen LogP contribution in [0.2, 0.25) is 0 Å². The Labute approximate surface area is 129 Å². The molecule has 1 aliphatic rings. The number of hydrogen-bond acceptors (Lipinski definition) is 3. The zero-order valence-electron chi connectivity index (χ0n) is 10.5. The molecule has 1 N–H and O–H groups in total. The van der Waals surface area contributed by atoms with Crippen LogP contribution in [0.1, 0.15) is 29.4 Å². The number of piperidine rings is 1. The van der Waals surface area contributed by atoms with Crippen molar-refractivity contribution in [2.24, 2.45) is 0 Å². The fourth-order valence-corrected chi connectivity index (χ4v) is 3.61. The van der Waals surface area contributed by atoms with Gasteiger partial charge in [-0.25, -0.2) is 0 Å². The third-order valence-electron chi connectivity index (χ3n) is 3.55. The summed E-state index contributed by atoms with van der Waals surface area (Å²) in [6, 6.07) is 9.70. The first-order valence-electron chi connectivity index (χ1n) is 6.26. The van der Waals surface area contributed by atoms with Gasteiger partial charge in [0.15, 0.2) is 0 Å². The lowest BCUT2D eigenvalue weighted by atomic mass is 9.77. The van der Waals surface area contributed by atoms with Crippen molar-refractivity contribution in [3.05, 3.63) is 56.7 Å². The minimum absolute atomic E-state index is 0.0799. The summed E-state index contributed by atoms with van der Waals surface area (Å²) in [5.74, 6) is -0.793. The summed E-state index contributed by atoms with van der Waals surface area (Å²) in [5, 5.41) is 6.44. The predicted octanol–water partition coefficient (Wildman–Crippen LogP) is 3.42. The highest BCUT2D eigenvalue weighted by Gasteiger charge is 2.37. The molecule has 0 bridgehead atoms. The van der Waals surface area contributed by atoms with Gasteiger partial charge in [0.1, 0.15) is 0 Å². The highest BCUT2D eigenvalue weighted by Crippen LogP contribution is 2.39. The van der Waals surface area contributed by atoms with E-state index in [0.717, 1.165) is 15.6 Å². The Morgan fingerprint density at radius 2 is 1.85 bits per heavy atom. The molecule has 2 unspecified atom stereocenters. The Kier molecular flexibility index (Phi) is 3.72. The minimum Gasteiger partial charge on any atom is -0.296 e. The van der Waals surface area contributed by atoms with Crippen LogP contribution < -0.4 is 5.32 Å². The largest absolute Gasteiger partial charge is 0.296 e. The zero-order valence-corrected chi connectivity index (χ0v) is 12.9. The van der Waals surface area contributed by atoms with E-state index in [4.69, 9.17) is 0 Å². The fraction of sp³-hybridized carbons (Fsp3) is 0.200. The quantitative estimate of drug-likeness (QED) is 0.844. The first kappa shape index (κ1) is 13.5. The van der Waals surface area contributed by atoms with E-state index in [0.29, 0.717) is 6.42 Å². The van der Waals surface area contributed by atoms with Gasteiger partial charge in [-0.05, 0) is 40.1 Å². The maximum Gasteiger partial charge on any atom is 0.234 e. The van der Waals surface area contributed by atoms with Gasteiger partial charge in [0, 0.05) is 16.8 Å². The molecule has 3 nitrogen and oxygen atoms in total. The molecule has 3 rings (SSSR count). The second kappa shape index (κ2) is 5.50. The maximum absolute atomic E-state index is 12.3. The van der Waals surface area contributed by atoms with E-state index in [1.165, 1.54) is 0 Å². The molecule has 2 amide bonds. The average Bonchev–Trinajstić information content (AvgIpc) is 2.93. The third kappa shape index (κ3) is 2.55. The monoisotopic (exact) mass is 349 g/mol. The van der Waals surface area contributed by atoms with Crippen molar-refractivity contribution in [3.63, 3.8) is 0 Å². The van der Waals surface area contributed by atoms with Crippen LogP contribution in [0.4, 0.5) is 0 Å². The lowest BCUT2D eigenvalue weighted by molar-refractivity contribution is -0.135. The Morgan fingerprint density at radius 3 is 2.50 bits per heavy atom. The third-order valence-corrected chi connectivity index (χ3v) is 4.78. The number of carbonyl (C=O) groups excluding carboxylic acids is 2.